The zero-order valence-electron chi connectivity index (χ0n) is 29.3. The van der Waals surface area contributed by atoms with Gasteiger partial charge in [0.1, 0.15) is 0 Å². The second-order valence-corrected chi connectivity index (χ2v) is 12.8. The standard InChI is InChI=1S/C25H24N2.C21H19N/c1-5-19(4)22(16-18(2)3)24-17-23(20-12-8-6-9-13-20)26-25(27-24)21-14-10-7-11-15-21;1-14-12-16(3)21(13-15(14)2)22-19-10-6-4-8-17(19)18-9-5-7-11-20(18)22/h5-17H,1H2,2-4H3;4-13H,1-3H3/b22-19+;. The third kappa shape index (κ3) is 7.07. The summed E-state index contributed by atoms with van der Waals surface area (Å²) in [6, 6.07) is 44.3. The second-order valence-electron chi connectivity index (χ2n) is 12.8. The summed E-state index contributed by atoms with van der Waals surface area (Å²) in [7, 11) is 0. The highest BCUT2D eigenvalue weighted by atomic mass is 15.0. The molecule has 0 radical (unpaired) electrons. The number of benzene rings is 5. The molecular formula is C46H43N3. The summed E-state index contributed by atoms with van der Waals surface area (Å²) in [5, 5.41) is 2.63. The Labute approximate surface area is 290 Å². The Hall–Kier alpha value is -5.80. The Balaban J connectivity index is 0.000000173. The third-order valence-corrected chi connectivity index (χ3v) is 8.90. The van der Waals surface area contributed by atoms with Crippen LogP contribution in [0.2, 0.25) is 0 Å². The van der Waals surface area contributed by atoms with Crippen molar-refractivity contribution >= 4 is 27.4 Å². The van der Waals surface area contributed by atoms with Crippen molar-refractivity contribution in [3.8, 4) is 28.3 Å². The normalized spacial score (nSPS) is 11.5. The molecular weight excluding hydrogens is 595 g/mol. The lowest BCUT2D eigenvalue weighted by atomic mass is 10.0. The zero-order chi connectivity index (χ0) is 34.5. The van der Waals surface area contributed by atoms with E-state index in [0.717, 1.165) is 39.5 Å². The van der Waals surface area contributed by atoms with E-state index in [1.807, 2.05) is 54.6 Å². The molecule has 0 aliphatic heterocycles. The number of rotatable bonds is 6. The molecule has 49 heavy (non-hydrogen) atoms. The first kappa shape index (κ1) is 33.1. The maximum absolute atomic E-state index is 4.89. The van der Waals surface area contributed by atoms with E-state index < -0.39 is 0 Å². The van der Waals surface area contributed by atoms with Crippen molar-refractivity contribution in [2.45, 2.75) is 41.5 Å². The lowest BCUT2D eigenvalue weighted by molar-refractivity contribution is 1.13. The van der Waals surface area contributed by atoms with Gasteiger partial charge in [0.25, 0.3) is 0 Å². The fourth-order valence-electron chi connectivity index (χ4n) is 6.22. The van der Waals surface area contributed by atoms with Crippen molar-refractivity contribution in [2.75, 3.05) is 0 Å². The molecule has 3 heteroatoms. The number of hydrogen-bond acceptors (Lipinski definition) is 2. The van der Waals surface area contributed by atoms with Gasteiger partial charge in [0, 0.05) is 33.2 Å². The Morgan fingerprint density at radius 2 is 1.12 bits per heavy atom. The Kier molecular flexibility index (Phi) is 9.82. The number of para-hydroxylation sites is 2. The fraction of sp³-hybridized carbons (Fsp3) is 0.130. The maximum atomic E-state index is 4.89. The molecule has 3 nitrogen and oxygen atoms in total. The van der Waals surface area contributed by atoms with E-state index in [4.69, 9.17) is 9.97 Å². The molecule has 7 rings (SSSR count). The van der Waals surface area contributed by atoms with Crippen molar-refractivity contribution in [1.29, 1.82) is 0 Å². The van der Waals surface area contributed by atoms with E-state index in [0.29, 0.717) is 0 Å². The van der Waals surface area contributed by atoms with Gasteiger partial charge in [-0.05, 0) is 88.1 Å². The molecule has 0 aliphatic rings. The van der Waals surface area contributed by atoms with Crippen LogP contribution in [0.1, 0.15) is 43.2 Å². The molecule has 7 aromatic rings. The Morgan fingerprint density at radius 1 is 0.592 bits per heavy atom. The molecule has 0 aliphatic carbocycles. The average molecular weight is 638 g/mol. The van der Waals surface area contributed by atoms with Crippen LogP contribution < -0.4 is 0 Å². The molecule has 2 heterocycles. The first-order valence-electron chi connectivity index (χ1n) is 16.8. The molecule has 242 valence electrons. The summed E-state index contributed by atoms with van der Waals surface area (Å²) in [4.78, 5) is 9.73. The highest BCUT2D eigenvalue weighted by Gasteiger charge is 2.14. The van der Waals surface area contributed by atoms with Crippen molar-refractivity contribution in [1.82, 2.24) is 14.5 Å². The van der Waals surface area contributed by atoms with E-state index in [9.17, 15) is 0 Å². The van der Waals surface area contributed by atoms with Crippen LogP contribution in [0, 0.1) is 20.8 Å². The van der Waals surface area contributed by atoms with Crippen LogP contribution in [-0.2, 0) is 0 Å². The highest BCUT2D eigenvalue weighted by molar-refractivity contribution is 6.09. The molecule has 0 spiro atoms. The van der Waals surface area contributed by atoms with Gasteiger partial charge in [-0.25, -0.2) is 9.97 Å². The van der Waals surface area contributed by atoms with Gasteiger partial charge in [-0.2, -0.15) is 0 Å². The third-order valence-electron chi connectivity index (χ3n) is 8.90. The molecule has 0 atom stereocenters. The van der Waals surface area contributed by atoms with Gasteiger partial charge < -0.3 is 4.57 Å². The van der Waals surface area contributed by atoms with Gasteiger partial charge in [0.2, 0.25) is 0 Å². The minimum absolute atomic E-state index is 0.725. The maximum Gasteiger partial charge on any atom is 0.160 e. The van der Waals surface area contributed by atoms with Gasteiger partial charge in [0.05, 0.1) is 22.4 Å². The quantitative estimate of drug-likeness (QED) is 0.170. The molecule has 0 bridgehead atoms. The number of nitrogens with zero attached hydrogens (tertiary/aromatic N) is 3. The summed E-state index contributed by atoms with van der Waals surface area (Å²) in [6.07, 6.45) is 4.03. The minimum Gasteiger partial charge on any atom is -0.309 e. The van der Waals surface area contributed by atoms with Crippen LogP contribution in [0.25, 0.3) is 55.7 Å². The van der Waals surface area contributed by atoms with Crippen molar-refractivity contribution in [3.63, 3.8) is 0 Å². The Bertz CT molecular complexity index is 2220. The smallest absolute Gasteiger partial charge is 0.160 e. The summed E-state index contributed by atoms with van der Waals surface area (Å²) in [5.41, 5.74) is 15.1. The largest absolute Gasteiger partial charge is 0.309 e. The SMILES string of the molecule is C=C/C(C)=C(\C=C(C)C)c1cc(-c2ccccc2)nc(-c2ccccc2)n1.Cc1cc(C)c(-n2c3ccccc3c3ccccc32)cc1C. The molecule has 0 unspecified atom stereocenters. The lowest BCUT2D eigenvalue weighted by Gasteiger charge is -2.13. The number of hydrogen-bond donors (Lipinski definition) is 0. The van der Waals surface area contributed by atoms with E-state index in [-0.39, 0.29) is 0 Å². The number of aromatic nitrogens is 3. The summed E-state index contributed by atoms with van der Waals surface area (Å²) in [5.74, 6) is 0.725. The fourth-order valence-corrected chi connectivity index (χ4v) is 6.22. The van der Waals surface area contributed by atoms with Crippen molar-refractivity contribution in [2.24, 2.45) is 0 Å². The molecule has 0 N–H and O–H groups in total. The first-order chi connectivity index (χ1) is 23.7. The zero-order valence-corrected chi connectivity index (χ0v) is 29.3. The predicted octanol–water partition coefficient (Wildman–Crippen LogP) is 12.4. The lowest BCUT2D eigenvalue weighted by Crippen LogP contribution is -1.99. The van der Waals surface area contributed by atoms with E-state index in [1.165, 1.54) is 49.8 Å². The molecule has 0 fully saturated rings. The van der Waals surface area contributed by atoms with E-state index in [1.54, 1.807) is 0 Å². The van der Waals surface area contributed by atoms with Gasteiger partial charge in [0.15, 0.2) is 5.82 Å². The average Bonchev–Trinajstić information content (AvgIpc) is 3.47. The van der Waals surface area contributed by atoms with Crippen LogP contribution in [-0.4, -0.2) is 14.5 Å². The van der Waals surface area contributed by atoms with Gasteiger partial charge in [-0.15, -0.1) is 0 Å². The summed E-state index contributed by atoms with van der Waals surface area (Å²) in [6.45, 7) is 16.8. The topological polar surface area (TPSA) is 30.7 Å². The van der Waals surface area contributed by atoms with Gasteiger partial charge >= 0.3 is 0 Å². The van der Waals surface area contributed by atoms with Gasteiger partial charge in [-0.3, -0.25) is 0 Å². The predicted molar refractivity (Wildman–Crippen MR) is 210 cm³/mol. The van der Waals surface area contributed by atoms with Gasteiger partial charge in [-0.1, -0.05) is 127 Å². The highest BCUT2D eigenvalue weighted by Crippen LogP contribution is 2.34. The molecule has 5 aromatic carbocycles. The summed E-state index contributed by atoms with van der Waals surface area (Å²) < 4.78 is 2.40. The van der Waals surface area contributed by atoms with Crippen LogP contribution >= 0.6 is 0 Å². The molecule has 0 saturated heterocycles. The molecule has 0 saturated carbocycles. The van der Waals surface area contributed by atoms with Crippen LogP contribution in [0.15, 0.2) is 157 Å². The number of fused-ring (bicyclic) bond motifs is 3. The first-order valence-corrected chi connectivity index (χ1v) is 16.8. The Morgan fingerprint density at radius 3 is 1.69 bits per heavy atom. The molecule has 0 amide bonds. The minimum atomic E-state index is 0.725. The van der Waals surface area contributed by atoms with E-state index >= 15 is 0 Å². The van der Waals surface area contributed by atoms with Crippen LogP contribution in [0.5, 0.6) is 0 Å². The monoisotopic (exact) mass is 637 g/mol. The number of aryl methyl sites for hydroxylation is 3. The van der Waals surface area contributed by atoms with Crippen LogP contribution in [0.4, 0.5) is 0 Å². The molecule has 2 aromatic heterocycles. The summed E-state index contributed by atoms with van der Waals surface area (Å²) >= 11 is 0. The van der Waals surface area contributed by atoms with Crippen molar-refractivity contribution < 1.29 is 0 Å². The van der Waals surface area contributed by atoms with E-state index in [2.05, 4.69) is 138 Å². The van der Waals surface area contributed by atoms with Crippen molar-refractivity contribution in [3.05, 3.63) is 180 Å². The van der Waals surface area contributed by atoms with Crippen LogP contribution in [0.3, 0.4) is 0 Å². The number of allylic oxidation sites excluding steroid dienone is 5. The second kappa shape index (κ2) is 14.5.